The number of amides is 1. The Bertz CT molecular complexity index is 1570. The van der Waals surface area contributed by atoms with Crippen LogP contribution in [0.2, 0.25) is 0 Å². The fourth-order valence-electron chi connectivity index (χ4n) is 4.94. The van der Waals surface area contributed by atoms with Crippen molar-refractivity contribution in [1.29, 1.82) is 0 Å². The summed E-state index contributed by atoms with van der Waals surface area (Å²) in [5, 5.41) is 17.3. The van der Waals surface area contributed by atoms with E-state index in [0.717, 1.165) is 5.56 Å². The molecule has 0 fully saturated rings. The van der Waals surface area contributed by atoms with Crippen LogP contribution in [0.5, 0.6) is 0 Å². The maximum atomic E-state index is 12.3. The normalized spacial score (nSPS) is 12.7. The topological polar surface area (TPSA) is 86.7 Å². The molecule has 5 aromatic rings. The first-order valence-electron chi connectivity index (χ1n) is 15.4. The van der Waals surface area contributed by atoms with E-state index >= 15 is 0 Å². The number of hydrogen-bond acceptors (Lipinski definition) is 5. The summed E-state index contributed by atoms with van der Waals surface area (Å²) in [6, 6.07) is 51.7. The van der Waals surface area contributed by atoms with E-state index < -0.39 is 20.1 Å². The fraction of sp³-hybridized carbons (Fsp3) is 0.122. The van der Waals surface area contributed by atoms with E-state index in [1.54, 1.807) is 31.3 Å². The van der Waals surface area contributed by atoms with Crippen LogP contribution in [-0.2, 0) is 31.5 Å². The van der Waals surface area contributed by atoms with Gasteiger partial charge in [0.15, 0.2) is 0 Å². The SMILES string of the molecule is C[C@@H](NC(=O)C1=CN(C)C=C([C-]=O)C1)[C@@H](O)c1ccccc1.[CH-]=O.[Fe+4].[c-]1cc[cH-]c1.c1ccc([PH+](c2ccccc2)c2ccccc2)cc1. The van der Waals surface area contributed by atoms with E-state index in [-0.39, 0.29) is 29.4 Å². The van der Waals surface area contributed by atoms with Gasteiger partial charge >= 0.3 is 17.1 Å². The van der Waals surface area contributed by atoms with Crippen LogP contribution in [0.1, 0.15) is 25.0 Å². The number of nitrogens with zero attached hydrogens (tertiary/aromatic N) is 1. The predicted octanol–water partition coefficient (Wildman–Crippen LogP) is 5.54. The van der Waals surface area contributed by atoms with Gasteiger partial charge in [-0.3, -0.25) is 11.6 Å². The molecule has 0 spiro atoms. The summed E-state index contributed by atoms with van der Waals surface area (Å²) < 4.78 is 0. The van der Waals surface area contributed by atoms with Crippen molar-refractivity contribution in [1.82, 2.24) is 10.2 Å². The number of carbonyl (C=O) groups is 1. The Balaban J connectivity index is 0.000000281. The van der Waals surface area contributed by atoms with Crippen LogP contribution in [0, 0.1) is 6.07 Å². The summed E-state index contributed by atoms with van der Waals surface area (Å²) in [6.45, 7) is 4.99. The summed E-state index contributed by atoms with van der Waals surface area (Å²) in [7, 11) is 0.865. The Labute approximate surface area is 301 Å². The van der Waals surface area contributed by atoms with Crippen LogP contribution in [0.25, 0.3) is 0 Å². The first kappa shape index (κ1) is 40.4. The van der Waals surface area contributed by atoms with E-state index in [0.29, 0.717) is 11.1 Å². The molecule has 1 aliphatic heterocycles. The van der Waals surface area contributed by atoms with E-state index in [1.807, 2.05) is 60.9 Å². The van der Waals surface area contributed by atoms with Gasteiger partial charge in [0.1, 0.15) is 15.9 Å². The number of aliphatic hydroxyl groups excluding tert-OH is 1. The number of rotatable bonds is 8. The average molecular weight is 712 g/mol. The molecule has 1 amide bonds. The van der Waals surface area contributed by atoms with Crippen molar-refractivity contribution < 1.29 is 36.6 Å². The van der Waals surface area contributed by atoms with Gasteiger partial charge in [-0.2, -0.15) is 5.57 Å². The average Bonchev–Trinajstić information content (AvgIpc) is 3.75. The number of allylic oxidation sites excluding steroid dienone is 1. The van der Waals surface area contributed by atoms with Gasteiger partial charge in [0, 0.05) is 5.57 Å². The van der Waals surface area contributed by atoms with Crippen molar-refractivity contribution >= 4 is 42.8 Å². The van der Waals surface area contributed by atoms with Gasteiger partial charge in [0.2, 0.25) is 5.91 Å². The Morgan fingerprint density at radius 1 is 0.857 bits per heavy atom. The van der Waals surface area contributed by atoms with Gasteiger partial charge in [0.05, 0.1) is 20.1 Å². The molecule has 0 radical (unpaired) electrons. The van der Waals surface area contributed by atoms with Gasteiger partial charge in [-0.25, -0.2) is 0 Å². The molecule has 0 aliphatic carbocycles. The van der Waals surface area contributed by atoms with Crippen molar-refractivity contribution in [3.63, 3.8) is 0 Å². The van der Waals surface area contributed by atoms with Crippen LogP contribution in [0.4, 0.5) is 0 Å². The minimum atomic E-state index is -0.877. The van der Waals surface area contributed by atoms with Gasteiger partial charge < -0.3 is 55.2 Å². The molecule has 0 aromatic heterocycles. The van der Waals surface area contributed by atoms with E-state index in [1.165, 1.54) is 15.9 Å². The van der Waals surface area contributed by atoms with Crippen LogP contribution >= 0.6 is 7.92 Å². The summed E-state index contributed by atoms with van der Waals surface area (Å²) in [6.07, 6.45) is 4.57. The largest absolute Gasteiger partial charge is 4.00 e. The molecule has 8 heteroatoms. The van der Waals surface area contributed by atoms with Crippen molar-refractivity contribution in [3.8, 4) is 0 Å². The van der Waals surface area contributed by atoms with E-state index in [2.05, 4.69) is 109 Å². The second kappa shape index (κ2) is 22.7. The Kier molecular flexibility index (Phi) is 18.7. The predicted molar refractivity (Wildman–Crippen MR) is 197 cm³/mol. The zero-order chi connectivity index (χ0) is 34.6. The van der Waals surface area contributed by atoms with Gasteiger partial charge in [-0.05, 0) is 74.8 Å². The van der Waals surface area contributed by atoms with Gasteiger partial charge in [0.25, 0.3) is 0 Å². The summed E-state index contributed by atoms with van der Waals surface area (Å²) >= 11 is 0. The quantitative estimate of drug-likeness (QED) is 0.0956. The third kappa shape index (κ3) is 13.3. The van der Waals surface area contributed by atoms with Crippen molar-refractivity contribution in [2.75, 3.05) is 7.05 Å². The van der Waals surface area contributed by atoms with E-state index in [9.17, 15) is 14.7 Å². The molecule has 1 aliphatic rings. The number of benzene rings is 4. The molecule has 0 bridgehead atoms. The zero-order valence-corrected chi connectivity index (χ0v) is 29.5. The van der Waals surface area contributed by atoms with Gasteiger partial charge in [-0.15, -0.1) is 6.20 Å². The number of aliphatic hydroxyl groups is 1. The summed E-state index contributed by atoms with van der Waals surface area (Å²) in [5.74, 6) is -0.296. The second-order valence-corrected chi connectivity index (χ2v) is 13.2. The fourth-order valence-corrected chi connectivity index (χ4v) is 7.51. The molecule has 250 valence electrons. The first-order chi connectivity index (χ1) is 23.5. The molecule has 6 rings (SSSR count). The maximum Gasteiger partial charge on any atom is 4.00 e. The molecule has 2 N–H and O–H groups in total. The maximum absolute atomic E-state index is 12.3. The zero-order valence-electron chi connectivity index (χ0n) is 27.4. The molecule has 1 heterocycles. The third-order valence-electron chi connectivity index (χ3n) is 7.18. The Morgan fingerprint density at radius 3 is 1.71 bits per heavy atom. The molecule has 0 saturated carbocycles. The van der Waals surface area contributed by atoms with Crippen LogP contribution < -0.4 is 21.2 Å². The van der Waals surface area contributed by atoms with Crippen LogP contribution in [0.3, 0.4) is 0 Å². The molecular weight excluding hydrogens is 671 g/mol. The molecule has 2 atom stereocenters. The minimum Gasteiger partial charge on any atom is -0.545 e. The van der Waals surface area contributed by atoms with Crippen LogP contribution in [0.15, 0.2) is 169 Å². The number of hydrogen-bond donors (Lipinski definition) is 2. The third-order valence-corrected chi connectivity index (χ3v) is 9.91. The van der Waals surface area contributed by atoms with Gasteiger partial charge in [-0.1, -0.05) is 84.9 Å². The molecule has 6 nitrogen and oxygen atoms in total. The van der Waals surface area contributed by atoms with Crippen molar-refractivity contribution in [2.24, 2.45) is 0 Å². The minimum absolute atomic E-state index is 0. The first-order valence-corrected chi connectivity index (χ1v) is 16.9. The Hall–Kier alpha value is -4.77. The molecule has 49 heavy (non-hydrogen) atoms. The van der Waals surface area contributed by atoms with Crippen molar-refractivity contribution in [2.45, 2.75) is 25.5 Å². The number of nitrogens with one attached hydrogen (secondary N) is 1. The monoisotopic (exact) mass is 711 g/mol. The Morgan fingerprint density at radius 2 is 1.33 bits per heavy atom. The summed E-state index contributed by atoms with van der Waals surface area (Å²) in [4.78, 5) is 32.4. The molecule has 5 aromatic carbocycles. The molecular formula is C41H40FeN2O4P+. The molecule has 0 unspecified atom stereocenters. The second-order valence-electron chi connectivity index (χ2n) is 10.7. The standard InChI is InChI=1S/C18H15P.C17H19N2O3.C5H4.CHO.Fe/c1-4-10-16(11-5-1)19(17-12-6-2-7-13-17)18-14-8-3-9-15-18;1-12(16(21)14-6-4-3-5-7-14)18-17(22)15-8-13(11-20)9-19(2)10-15;1-2-4-5-3-1;1-2;/h1-15H;3-7,9-10,12,16,21H,8H2,1-2H3,(H,18,22);1-4H;1H;/q;-1;-2;-1;+4/p+1/t;12-,16-;;;/m.1.../s1. The van der Waals surface area contributed by atoms with E-state index in [4.69, 9.17) is 4.79 Å². The smallest absolute Gasteiger partial charge is 0.545 e. The van der Waals surface area contributed by atoms with Crippen LogP contribution in [-0.4, -0.2) is 42.1 Å². The molecule has 0 saturated heterocycles. The van der Waals surface area contributed by atoms with Crippen molar-refractivity contribution in [3.05, 3.63) is 181 Å². The number of carbonyl (C=O) groups excluding carboxylic acids is 3. The summed E-state index contributed by atoms with van der Waals surface area (Å²) in [5.41, 5.74) is 1.63.